The number of anilines is 1. The molecule has 2 heterocycles. The molecule has 1 aromatic rings. The number of hydrogen-bond acceptors (Lipinski definition) is 6. The zero-order valence-corrected chi connectivity index (χ0v) is 12.8. The molecular formula is C15H23N3O3. The number of esters is 1. The van der Waals surface area contributed by atoms with Crippen LogP contribution < -0.4 is 15.0 Å². The lowest BCUT2D eigenvalue weighted by Gasteiger charge is -2.36. The first kappa shape index (κ1) is 15.6. The molecule has 1 atom stereocenters. The van der Waals surface area contributed by atoms with E-state index < -0.39 is 0 Å². The van der Waals surface area contributed by atoms with Crippen LogP contribution in [0.25, 0.3) is 0 Å². The van der Waals surface area contributed by atoms with E-state index in [0.29, 0.717) is 31.3 Å². The van der Waals surface area contributed by atoms with E-state index in [2.05, 4.69) is 10.3 Å². The summed E-state index contributed by atoms with van der Waals surface area (Å²) in [5.74, 6) is 1.17. The molecule has 6 heteroatoms. The van der Waals surface area contributed by atoms with Gasteiger partial charge in [0.1, 0.15) is 6.04 Å². The van der Waals surface area contributed by atoms with Crippen molar-refractivity contribution >= 4 is 11.8 Å². The highest BCUT2D eigenvalue weighted by Gasteiger charge is 2.32. The van der Waals surface area contributed by atoms with Crippen molar-refractivity contribution in [2.45, 2.75) is 32.9 Å². The summed E-state index contributed by atoms with van der Waals surface area (Å²) in [4.78, 5) is 18.5. The molecule has 1 aliphatic rings. The maximum Gasteiger partial charge on any atom is 0.330 e. The maximum absolute atomic E-state index is 12.1. The van der Waals surface area contributed by atoms with E-state index >= 15 is 0 Å². The van der Waals surface area contributed by atoms with E-state index in [1.165, 1.54) is 0 Å². The van der Waals surface area contributed by atoms with E-state index in [9.17, 15) is 4.79 Å². The summed E-state index contributed by atoms with van der Waals surface area (Å²) in [5.41, 5.74) is 0. The van der Waals surface area contributed by atoms with Gasteiger partial charge in [-0.2, -0.15) is 0 Å². The number of carbonyl (C=O) groups excluding carboxylic acids is 1. The fourth-order valence-electron chi connectivity index (χ4n) is 2.35. The third-order valence-corrected chi connectivity index (χ3v) is 3.19. The largest absolute Gasteiger partial charge is 0.487 e. The topological polar surface area (TPSA) is 63.7 Å². The Hall–Kier alpha value is -1.82. The van der Waals surface area contributed by atoms with Crippen LogP contribution in [-0.2, 0) is 9.53 Å². The highest BCUT2D eigenvalue weighted by Crippen LogP contribution is 2.28. The number of hydrogen-bond donors (Lipinski definition) is 1. The first-order valence-corrected chi connectivity index (χ1v) is 7.39. The molecule has 1 unspecified atom stereocenters. The Balaban J connectivity index is 2.26. The van der Waals surface area contributed by atoms with Crippen LogP contribution in [-0.4, -0.2) is 49.3 Å². The van der Waals surface area contributed by atoms with Crippen LogP contribution in [0.5, 0.6) is 5.75 Å². The molecular weight excluding hydrogens is 270 g/mol. The van der Waals surface area contributed by atoms with E-state index in [4.69, 9.17) is 9.47 Å². The summed E-state index contributed by atoms with van der Waals surface area (Å²) in [6, 6.07) is 3.35. The number of rotatable bonds is 5. The third kappa shape index (κ3) is 3.85. The van der Waals surface area contributed by atoms with Crippen molar-refractivity contribution in [1.82, 2.24) is 10.3 Å². The van der Waals surface area contributed by atoms with E-state index in [1.54, 1.807) is 6.20 Å². The second-order valence-corrected chi connectivity index (χ2v) is 5.16. The van der Waals surface area contributed by atoms with Crippen LogP contribution in [0.2, 0.25) is 0 Å². The number of carbonyl (C=O) groups is 1. The van der Waals surface area contributed by atoms with Crippen molar-refractivity contribution in [3.8, 4) is 5.75 Å². The van der Waals surface area contributed by atoms with Crippen molar-refractivity contribution in [3.05, 3.63) is 18.3 Å². The molecule has 0 aromatic carbocycles. The predicted octanol–water partition coefficient (Wildman–Crippen LogP) is 1.21. The van der Waals surface area contributed by atoms with Gasteiger partial charge in [-0.1, -0.05) is 0 Å². The minimum atomic E-state index is -0.372. The maximum atomic E-state index is 12.1. The molecule has 0 amide bonds. The van der Waals surface area contributed by atoms with Gasteiger partial charge >= 0.3 is 5.97 Å². The minimum absolute atomic E-state index is 0.0527. The van der Waals surface area contributed by atoms with Crippen molar-refractivity contribution in [1.29, 1.82) is 0 Å². The summed E-state index contributed by atoms with van der Waals surface area (Å²) in [5, 5.41) is 3.22. The van der Waals surface area contributed by atoms with Gasteiger partial charge in [-0.3, -0.25) is 0 Å². The van der Waals surface area contributed by atoms with Gasteiger partial charge in [-0.25, -0.2) is 9.78 Å². The van der Waals surface area contributed by atoms with Crippen molar-refractivity contribution < 1.29 is 14.3 Å². The Kier molecular flexibility index (Phi) is 5.38. The smallest absolute Gasteiger partial charge is 0.330 e. The Bertz CT molecular complexity index is 479. The van der Waals surface area contributed by atoms with Crippen LogP contribution >= 0.6 is 0 Å². The second kappa shape index (κ2) is 7.26. The summed E-state index contributed by atoms with van der Waals surface area (Å²) in [6.07, 6.45) is 1.77. The summed E-state index contributed by atoms with van der Waals surface area (Å²) >= 11 is 0. The van der Waals surface area contributed by atoms with Crippen LogP contribution in [0.15, 0.2) is 18.3 Å². The Labute approximate surface area is 125 Å². The molecule has 21 heavy (non-hydrogen) atoms. The highest BCUT2D eigenvalue weighted by molar-refractivity contribution is 5.81. The number of pyridine rings is 1. The number of aromatic nitrogens is 1. The van der Waals surface area contributed by atoms with Gasteiger partial charge < -0.3 is 19.7 Å². The molecule has 0 bridgehead atoms. The number of nitrogens with zero attached hydrogens (tertiary/aromatic N) is 2. The molecule has 0 aliphatic carbocycles. The standard InChI is InChI=1S/C15H23N3O3/c1-4-20-15(19)12-10-16-8-9-18(12)14-13(21-11(2)3)6-5-7-17-14/h5-7,11-12,16H,4,8-10H2,1-3H3. The van der Waals surface area contributed by atoms with E-state index in [-0.39, 0.29) is 18.1 Å². The molecule has 1 aliphatic heterocycles. The Morgan fingerprint density at radius 2 is 2.38 bits per heavy atom. The van der Waals surface area contributed by atoms with Gasteiger partial charge in [-0.15, -0.1) is 0 Å². The lowest BCUT2D eigenvalue weighted by atomic mass is 10.2. The summed E-state index contributed by atoms with van der Waals surface area (Å²) in [7, 11) is 0. The lowest BCUT2D eigenvalue weighted by molar-refractivity contribution is -0.144. The average molecular weight is 293 g/mol. The number of nitrogens with one attached hydrogen (secondary N) is 1. The third-order valence-electron chi connectivity index (χ3n) is 3.19. The van der Waals surface area contributed by atoms with E-state index in [1.807, 2.05) is 37.8 Å². The number of piperazine rings is 1. The quantitative estimate of drug-likeness (QED) is 0.823. The Morgan fingerprint density at radius 3 is 3.10 bits per heavy atom. The normalized spacial score (nSPS) is 18.7. The first-order valence-electron chi connectivity index (χ1n) is 7.39. The molecule has 2 rings (SSSR count). The molecule has 0 saturated carbocycles. The van der Waals surface area contributed by atoms with Crippen LogP contribution in [0.1, 0.15) is 20.8 Å². The molecule has 0 spiro atoms. The first-order chi connectivity index (χ1) is 10.1. The SMILES string of the molecule is CCOC(=O)C1CNCCN1c1ncccc1OC(C)C. The van der Waals surface area contributed by atoms with Crippen LogP contribution in [0.4, 0.5) is 5.82 Å². The molecule has 1 N–H and O–H groups in total. The van der Waals surface area contributed by atoms with Gasteiger partial charge in [0.15, 0.2) is 11.6 Å². The average Bonchev–Trinajstić information content (AvgIpc) is 2.47. The van der Waals surface area contributed by atoms with Gasteiger partial charge in [0.05, 0.1) is 12.7 Å². The molecule has 116 valence electrons. The second-order valence-electron chi connectivity index (χ2n) is 5.16. The van der Waals surface area contributed by atoms with E-state index in [0.717, 1.165) is 6.54 Å². The molecule has 1 saturated heterocycles. The van der Waals surface area contributed by atoms with Crippen LogP contribution in [0, 0.1) is 0 Å². The predicted molar refractivity (Wildman–Crippen MR) is 80.6 cm³/mol. The van der Waals surface area contributed by atoms with Gasteiger partial charge in [-0.05, 0) is 32.9 Å². The molecule has 1 fully saturated rings. The van der Waals surface area contributed by atoms with Crippen molar-refractivity contribution in [2.75, 3.05) is 31.1 Å². The highest BCUT2D eigenvalue weighted by atomic mass is 16.5. The zero-order chi connectivity index (χ0) is 15.2. The van der Waals surface area contributed by atoms with Gasteiger partial charge in [0.25, 0.3) is 0 Å². The Morgan fingerprint density at radius 1 is 1.57 bits per heavy atom. The monoisotopic (exact) mass is 293 g/mol. The number of ether oxygens (including phenoxy) is 2. The van der Waals surface area contributed by atoms with Gasteiger partial charge in [0, 0.05) is 25.8 Å². The summed E-state index contributed by atoms with van der Waals surface area (Å²) in [6.45, 7) is 8.17. The molecule has 0 radical (unpaired) electrons. The minimum Gasteiger partial charge on any atom is -0.487 e. The zero-order valence-electron chi connectivity index (χ0n) is 12.8. The van der Waals surface area contributed by atoms with Gasteiger partial charge in [0.2, 0.25) is 0 Å². The fraction of sp³-hybridized carbons (Fsp3) is 0.600. The fourth-order valence-corrected chi connectivity index (χ4v) is 2.35. The lowest BCUT2D eigenvalue weighted by Crippen LogP contribution is -2.56. The molecule has 6 nitrogen and oxygen atoms in total. The summed E-state index contributed by atoms with van der Waals surface area (Å²) < 4.78 is 11.0. The molecule has 1 aromatic heterocycles. The van der Waals surface area contributed by atoms with Crippen LogP contribution in [0.3, 0.4) is 0 Å². The van der Waals surface area contributed by atoms with Crippen molar-refractivity contribution in [3.63, 3.8) is 0 Å². The van der Waals surface area contributed by atoms with Crippen molar-refractivity contribution in [2.24, 2.45) is 0 Å².